The number of aromatic hydroxyl groups is 1. The molecule has 1 aliphatic rings. The Kier molecular flexibility index (Phi) is 4.85. The number of hydrogen-bond acceptors (Lipinski definition) is 5. The monoisotopic (exact) mass is 377 g/mol. The molecule has 1 unspecified atom stereocenters. The Balaban J connectivity index is 1.40. The van der Waals surface area contributed by atoms with Gasteiger partial charge in [-0.3, -0.25) is 4.79 Å². The second kappa shape index (κ2) is 7.60. The zero-order valence-corrected chi connectivity index (χ0v) is 15.1. The fraction of sp³-hybridized carbons (Fsp3) is 0.182. The van der Waals surface area contributed by atoms with Crippen LogP contribution in [0.5, 0.6) is 11.5 Å². The summed E-state index contributed by atoms with van der Waals surface area (Å²) in [6, 6.07) is 17.7. The standard InChI is InChI=1S/C22H19NO5/c24-19-12-15-6-2-1-5-14(15)11-17(19)22(26)28-13-21(25)23-18-9-10-27-20-8-4-3-7-16(18)20/h1-8,11-12,18,24H,9-10,13H2,(H,23,25). The van der Waals surface area contributed by atoms with Gasteiger partial charge >= 0.3 is 5.97 Å². The normalized spacial score (nSPS) is 15.4. The molecule has 1 amide bonds. The Morgan fingerprint density at radius 2 is 1.79 bits per heavy atom. The molecule has 0 aromatic heterocycles. The average molecular weight is 377 g/mol. The third kappa shape index (κ3) is 3.62. The van der Waals surface area contributed by atoms with Crippen molar-refractivity contribution in [3.05, 3.63) is 71.8 Å². The van der Waals surface area contributed by atoms with Crippen LogP contribution in [0.2, 0.25) is 0 Å². The van der Waals surface area contributed by atoms with Gasteiger partial charge in [0.25, 0.3) is 5.91 Å². The predicted molar refractivity (Wildman–Crippen MR) is 103 cm³/mol. The van der Waals surface area contributed by atoms with Crippen molar-refractivity contribution >= 4 is 22.6 Å². The van der Waals surface area contributed by atoms with Crippen LogP contribution in [0.4, 0.5) is 0 Å². The van der Waals surface area contributed by atoms with Crippen molar-refractivity contribution in [1.29, 1.82) is 0 Å². The van der Waals surface area contributed by atoms with E-state index in [0.717, 1.165) is 22.1 Å². The van der Waals surface area contributed by atoms with Crippen molar-refractivity contribution in [2.24, 2.45) is 0 Å². The summed E-state index contributed by atoms with van der Waals surface area (Å²) in [5, 5.41) is 14.6. The van der Waals surface area contributed by atoms with Gasteiger partial charge in [-0.05, 0) is 29.0 Å². The van der Waals surface area contributed by atoms with E-state index in [1.807, 2.05) is 48.5 Å². The van der Waals surface area contributed by atoms with Crippen molar-refractivity contribution in [1.82, 2.24) is 5.32 Å². The fourth-order valence-electron chi connectivity index (χ4n) is 3.33. The maximum absolute atomic E-state index is 12.3. The van der Waals surface area contributed by atoms with Crippen molar-refractivity contribution in [3.8, 4) is 11.5 Å². The Morgan fingerprint density at radius 1 is 1.07 bits per heavy atom. The first kappa shape index (κ1) is 17.9. The molecule has 0 bridgehead atoms. The molecule has 0 spiro atoms. The molecule has 0 saturated heterocycles. The van der Waals surface area contributed by atoms with Crippen molar-refractivity contribution in [2.75, 3.05) is 13.2 Å². The molecule has 28 heavy (non-hydrogen) atoms. The summed E-state index contributed by atoms with van der Waals surface area (Å²) in [4.78, 5) is 24.6. The van der Waals surface area contributed by atoms with Gasteiger partial charge in [-0.25, -0.2) is 4.79 Å². The highest BCUT2D eigenvalue weighted by molar-refractivity contribution is 5.99. The minimum Gasteiger partial charge on any atom is -0.507 e. The number of nitrogens with one attached hydrogen (secondary N) is 1. The zero-order chi connectivity index (χ0) is 19.5. The maximum atomic E-state index is 12.3. The van der Waals surface area contributed by atoms with Crippen molar-refractivity contribution in [2.45, 2.75) is 12.5 Å². The van der Waals surface area contributed by atoms with E-state index in [-0.39, 0.29) is 17.4 Å². The number of fused-ring (bicyclic) bond motifs is 2. The number of amides is 1. The van der Waals surface area contributed by atoms with E-state index in [0.29, 0.717) is 13.0 Å². The molecule has 0 saturated carbocycles. The molecular weight excluding hydrogens is 358 g/mol. The largest absolute Gasteiger partial charge is 0.507 e. The van der Waals surface area contributed by atoms with Crippen LogP contribution in [0.1, 0.15) is 28.4 Å². The van der Waals surface area contributed by atoms with Gasteiger partial charge in [-0.15, -0.1) is 0 Å². The summed E-state index contributed by atoms with van der Waals surface area (Å²) in [5.41, 5.74) is 0.934. The van der Waals surface area contributed by atoms with Crippen LogP contribution in [-0.2, 0) is 9.53 Å². The first-order valence-electron chi connectivity index (χ1n) is 9.02. The van der Waals surface area contributed by atoms with Crippen LogP contribution in [0.15, 0.2) is 60.7 Å². The summed E-state index contributed by atoms with van der Waals surface area (Å²) in [7, 11) is 0. The smallest absolute Gasteiger partial charge is 0.342 e. The predicted octanol–water partition coefficient (Wildman–Crippen LogP) is 3.34. The number of benzene rings is 3. The Morgan fingerprint density at radius 3 is 2.61 bits per heavy atom. The summed E-state index contributed by atoms with van der Waals surface area (Å²) < 4.78 is 10.7. The zero-order valence-electron chi connectivity index (χ0n) is 15.1. The average Bonchev–Trinajstić information content (AvgIpc) is 2.72. The van der Waals surface area contributed by atoms with Crippen molar-refractivity contribution in [3.63, 3.8) is 0 Å². The number of carbonyl (C=O) groups excluding carboxylic acids is 2. The van der Waals surface area contributed by atoms with E-state index in [9.17, 15) is 14.7 Å². The topological polar surface area (TPSA) is 84.9 Å². The van der Waals surface area contributed by atoms with Crippen molar-refractivity contribution < 1.29 is 24.2 Å². The maximum Gasteiger partial charge on any atom is 0.342 e. The van der Waals surface area contributed by atoms with E-state index in [2.05, 4.69) is 5.32 Å². The van der Waals surface area contributed by atoms with Crippen LogP contribution in [0.25, 0.3) is 10.8 Å². The van der Waals surface area contributed by atoms with E-state index in [1.54, 1.807) is 6.07 Å². The highest BCUT2D eigenvalue weighted by Gasteiger charge is 2.23. The van der Waals surface area contributed by atoms with Crippen LogP contribution in [0.3, 0.4) is 0 Å². The highest BCUT2D eigenvalue weighted by atomic mass is 16.5. The lowest BCUT2D eigenvalue weighted by molar-refractivity contribution is -0.125. The van der Waals surface area contributed by atoms with Gasteiger partial charge in [-0.2, -0.15) is 0 Å². The molecule has 3 aromatic rings. The van der Waals surface area contributed by atoms with Crippen LogP contribution >= 0.6 is 0 Å². The minimum absolute atomic E-state index is 0.0305. The summed E-state index contributed by atoms with van der Waals surface area (Å²) >= 11 is 0. The number of phenolic OH excluding ortho intramolecular Hbond substituents is 1. The van der Waals surface area contributed by atoms with Gasteiger partial charge in [0.2, 0.25) is 0 Å². The number of phenols is 1. The van der Waals surface area contributed by atoms with E-state index < -0.39 is 18.5 Å². The van der Waals surface area contributed by atoms with E-state index in [1.165, 1.54) is 6.07 Å². The second-order valence-corrected chi connectivity index (χ2v) is 6.59. The SMILES string of the molecule is O=C(COC(=O)c1cc2ccccc2cc1O)NC1CCOc2ccccc21. The highest BCUT2D eigenvalue weighted by Crippen LogP contribution is 2.31. The summed E-state index contributed by atoms with van der Waals surface area (Å²) in [5.74, 6) is -0.583. The lowest BCUT2D eigenvalue weighted by atomic mass is 10.0. The molecule has 1 aliphatic heterocycles. The molecule has 142 valence electrons. The number of ether oxygens (including phenoxy) is 2. The van der Waals surface area contributed by atoms with Crippen LogP contribution < -0.4 is 10.1 Å². The molecule has 0 fully saturated rings. The van der Waals surface area contributed by atoms with Gasteiger partial charge in [0.1, 0.15) is 17.1 Å². The third-order valence-corrected chi connectivity index (χ3v) is 4.71. The molecular formula is C22H19NO5. The number of rotatable bonds is 4. The lowest BCUT2D eigenvalue weighted by Gasteiger charge is -2.26. The van der Waals surface area contributed by atoms with Gasteiger partial charge in [0.15, 0.2) is 6.61 Å². The third-order valence-electron chi connectivity index (χ3n) is 4.71. The van der Waals surface area contributed by atoms with Gasteiger partial charge in [-0.1, -0.05) is 42.5 Å². The minimum atomic E-state index is -0.745. The molecule has 2 N–H and O–H groups in total. The molecule has 1 heterocycles. The Bertz CT molecular complexity index is 1050. The first-order valence-corrected chi connectivity index (χ1v) is 9.02. The number of hydrogen-bond donors (Lipinski definition) is 2. The quantitative estimate of drug-likeness (QED) is 0.681. The molecule has 1 atom stereocenters. The number of esters is 1. The number of para-hydroxylation sites is 1. The van der Waals surface area contributed by atoms with Gasteiger partial charge in [0, 0.05) is 12.0 Å². The molecule has 4 rings (SSSR count). The second-order valence-electron chi connectivity index (χ2n) is 6.59. The molecule has 0 radical (unpaired) electrons. The first-order chi connectivity index (χ1) is 13.6. The molecule has 6 heteroatoms. The molecule has 3 aromatic carbocycles. The molecule has 6 nitrogen and oxygen atoms in total. The Hall–Kier alpha value is -3.54. The summed E-state index contributed by atoms with van der Waals surface area (Å²) in [6.45, 7) is 0.0807. The van der Waals surface area contributed by atoms with E-state index >= 15 is 0 Å². The number of carbonyl (C=O) groups is 2. The van der Waals surface area contributed by atoms with E-state index in [4.69, 9.17) is 9.47 Å². The summed E-state index contributed by atoms with van der Waals surface area (Å²) in [6.07, 6.45) is 0.641. The van der Waals surface area contributed by atoms with Gasteiger partial charge in [0.05, 0.1) is 12.6 Å². The molecule has 0 aliphatic carbocycles. The van der Waals surface area contributed by atoms with Gasteiger partial charge < -0.3 is 19.9 Å². The fourth-order valence-corrected chi connectivity index (χ4v) is 3.33. The van der Waals surface area contributed by atoms with Crippen LogP contribution in [-0.4, -0.2) is 30.2 Å². The lowest BCUT2D eigenvalue weighted by Crippen LogP contribution is -2.35. The Labute approximate surface area is 161 Å². The van der Waals surface area contributed by atoms with Crippen LogP contribution in [0, 0.1) is 0 Å².